The first-order chi connectivity index (χ1) is 16.1. The summed E-state index contributed by atoms with van der Waals surface area (Å²) in [7, 11) is 0. The normalized spacial score (nSPS) is 24.4. The largest absolute Gasteiger partial charge is 0.444 e. The van der Waals surface area contributed by atoms with Crippen LogP contribution in [0.5, 0.6) is 0 Å². The van der Waals surface area contributed by atoms with Crippen molar-refractivity contribution in [1.82, 2.24) is 10.2 Å². The zero-order chi connectivity index (χ0) is 24.6. The molecule has 1 aromatic rings. The number of carbonyl (C=O) groups is 2. The molecule has 0 unspecified atom stereocenters. The van der Waals surface area contributed by atoms with Gasteiger partial charge < -0.3 is 10.1 Å². The molecule has 4 rings (SSSR count). The third kappa shape index (κ3) is 4.84. The van der Waals surface area contributed by atoms with Gasteiger partial charge in [-0.1, -0.05) is 18.2 Å². The lowest BCUT2D eigenvalue weighted by Crippen LogP contribution is -2.55. The van der Waals surface area contributed by atoms with Gasteiger partial charge in [0.2, 0.25) is 5.91 Å². The number of nitrogens with one attached hydrogen (secondary N) is 1. The van der Waals surface area contributed by atoms with E-state index in [9.17, 15) is 19.2 Å². The molecule has 1 saturated heterocycles. The highest BCUT2D eigenvalue weighted by molar-refractivity contribution is 6.24. The lowest BCUT2D eigenvalue weighted by molar-refractivity contribution is -0.128. The fourth-order valence-corrected chi connectivity index (χ4v) is 5.22. The van der Waals surface area contributed by atoms with E-state index in [0.717, 1.165) is 36.1 Å². The van der Waals surface area contributed by atoms with E-state index in [1.165, 1.54) is 11.0 Å². The molecule has 2 fully saturated rings. The van der Waals surface area contributed by atoms with E-state index < -0.39 is 29.6 Å². The van der Waals surface area contributed by atoms with Gasteiger partial charge in [-0.15, -0.1) is 0 Å². The molecule has 1 aliphatic carbocycles. The fourth-order valence-electron chi connectivity index (χ4n) is 5.22. The first-order valence-electron chi connectivity index (χ1n) is 11.8. The van der Waals surface area contributed by atoms with Crippen LogP contribution in [0, 0.1) is 23.1 Å². The minimum absolute atomic E-state index is 0.0296. The number of ether oxygens (including phenoxy) is 1. The summed E-state index contributed by atoms with van der Waals surface area (Å²) in [6.45, 7) is 7.85. The van der Waals surface area contributed by atoms with Gasteiger partial charge >= 0.3 is 6.09 Å². The molecular formula is C26H31FN4O3. The molecule has 1 aromatic carbocycles. The number of rotatable bonds is 5. The summed E-state index contributed by atoms with van der Waals surface area (Å²) in [4.78, 5) is 31.9. The van der Waals surface area contributed by atoms with Gasteiger partial charge in [0.15, 0.2) is 0 Å². The smallest absolute Gasteiger partial charge is 0.411 e. The highest BCUT2D eigenvalue weighted by Gasteiger charge is 2.52. The van der Waals surface area contributed by atoms with Gasteiger partial charge in [0.1, 0.15) is 23.5 Å². The van der Waals surface area contributed by atoms with E-state index in [1.807, 2.05) is 19.1 Å². The molecule has 3 aliphatic rings. The Kier molecular flexibility index (Phi) is 6.48. The van der Waals surface area contributed by atoms with Crippen molar-refractivity contribution in [2.45, 2.75) is 77.1 Å². The van der Waals surface area contributed by atoms with Crippen LogP contribution >= 0.6 is 0 Å². The van der Waals surface area contributed by atoms with E-state index in [-0.39, 0.29) is 24.3 Å². The van der Waals surface area contributed by atoms with E-state index in [1.54, 1.807) is 26.8 Å². The van der Waals surface area contributed by atoms with E-state index in [2.05, 4.69) is 16.4 Å². The quantitative estimate of drug-likeness (QED) is 0.709. The number of hydrogen-bond donors (Lipinski definition) is 1. The van der Waals surface area contributed by atoms with Gasteiger partial charge in [-0.05, 0) is 70.1 Å². The van der Waals surface area contributed by atoms with Crippen molar-refractivity contribution < 1.29 is 18.7 Å². The number of fused-ring (bicyclic) bond motifs is 2. The summed E-state index contributed by atoms with van der Waals surface area (Å²) in [6.07, 6.45) is 3.93. The molecule has 34 heavy (non-hydrogen) atoms. The Balaban J connectivity index is 1.45. The van der Waals surface area contributed by atoms with Crippen LogP contribution in [0.1, 0.15) is 58.1 Å². The number of nitriles is 1. The van der Waals surface area contributed by atoms with Gasteiger partial charge in [-0.2, -0.15) is 5.26 Å². The number of nitrogens with zero attached hydrogens (tertiary/aromatic N) is 3. The molecule has 2 aliphatic heterocycles. The van der Waals surface area contributed by atoms with Crippen LogP contribution in [0.25, 0.3) is 5.57 Å². The molecule has 1 saturated carbocycles. The molecule has 8 heteroatoms. The fraction of sp³-hybridized carbons (Fsp3) is 0.538. The average molecular weight is 467 g/mol. The van der Waals surface area contributed by atoms with E-state index >= 15 is 0 Å². The lowest BCUT2D eigenvalue weighted by atomic mass is 9.96. The van der Waals surface area contributed by atoms with Gasteiger partial charge in [0.25, 0.3) is 0 Å². The summed E-state index contributed by atoms with van der Waals surface area (Å²) >= 11 is 0. The summed E-state index contributed by atoms with van der Waals surface area (Å²) in [5.41, 5.74) is 2.20. The van der Waals surface area contributed by atoms with Crippen molar-refractivity contribution in [3.05, 3.63) is 41.2 Å². The topological polar surface area (TPSA) is 94.8 Å². The highest BCUT2D eigenvalue weighted by atomic mass is 19.1. The molecule has 0 aromatic heterocycles. The molecule has 2 heterocycles. The van der Waals surface area contributed by atoms with Crippen LogP contribution in [0.3, 0.4) is 0 Å². The first-order valence-corrected chi connectivity index (χ1v) is 11.8. The lowest BCUT2D eigenvalue weighted by Gasteiger charge is -2.35. The second-order valence-corrected chi connectivity index (χ2v) is 10.3. The van der Waals surface area contributed by atoms with E-state index in [0.29, 0.717) is 12.1 Å². The Morgan fingerprint density at radius 1 is 1.35 bits per heavy atom. The van der Waals surface area contributed by atoms with Crippen molar-refractivity contribution in [2.75, 3.05) is 6.54 Å². The molecule has 4 atom stereocenters. The summed E-state index contributed by atoms with van der Waals surface area (Å²) in [5.74, 6) is -0.773. The predicted molar refractivity (Wildman–Crippen MR) is 127 cm³/mol. The summed E-state index contributed by atoms with van der Waals surface area (Å²) < 4.78 is 20.4. The Hall–Kier alpha value is -3.21. The molecule has 2 amide bonds. The van der Waals surface area contributed by atoms with Crippen LogP contribution < -0.4 is 5.32 Å². The second kappa shape index (κ2) is 9.21. The molecule has 7 nitrogen and oxygen atoms in total. The molecule has 1 N–H and O–H groups in total. The molecule has 2 bridgehead atoms. The minimum atomic E-state index is -0.915. The molecular weight excluding hydrogens is 435 g/mol. The second-order valence-electron chi connectivity index (χ2n) is 10.3. The van der Waals surface area contributed by atoms with Gasteiger partial charge in [0.05, 0.1) is 12.6 Å². The number of benzene rings is 1. The maximum atomic E-state index is 14.9. The Morgan fingerprint density at radius 3 is 2.74 bits per heavy atom. The van der Waals surface area contributed by atoms with Gasteiger partial charge in [-0.25, -0.2) is 9.18 Å². The van der Waals surface area contributed by atoms with Crippen molar-refractivity contribution in [1.29, 1.82) is 5.26 Å². The van der Waals surface area contributed by atoms with E-state index in [4.69, 9.17) is 4.74 Å². The number of aliphatic imine (C=N–C) groups is 1. The average Bonchev–Trinajstić information content (AvgIpc) is 3.49. The number of amides is 2. The van der Waals surface area contributed by atoms with Crippen molar-refractivity contribution >= 4 is 23.3 Å². The maximum Gasteiger partial charge on any atom is 0.411 e. The zero-order valence-electron chi connectivity index (χ0n) is 20.1. The van der Waals surface area contributed by atoms with Crippen LogP contribution in [0.4, 0.5) is 9.18 Å². The number of likely N-dealkylation sites (tertiary alicyclic amines) is 1. The number of piperidine rings is 1. The van der Waals surface area contributed by atoms with Gasteiger partial charge in [0, 0.05) is 23.7 Å². The molecule has 0 radical (unpaired) electrons. The number of allylic oxidation sites excluding steroid dienone is 1. The molecule has 180 valence electrons. The highest BCUT2D eigenvalue weighted by Crippen LogP contribution is 2.43. The summed E-state index contributed by atoms with van der Waals surface area (Å²) in [6, 6.07) is 5.36. The Labute approximate surface area is 199 Å². The van der Waals surface area contributed by atoms with Crippen LogP contribution in [-0.4, -0.2) is 52.9 Å². The van der Waals surface area contributed by atoms with Crippen molar-refractivity contribution in [3.63, 3.8) is 0 Å². The Bertz CT molecular complexity index is 1100. The number of carbonyl (C=O) groups excluding carboxylic acids is 2. The van der Waals surface area contributed by atoms with Crippen LogP contribution in [-0.2, 0) is 16.0 Å². The number of hydrogen-bond acceptors (Lipinski definition) is 5. The van der Waals surface area contributed by atoms with Crippen LogP contribution in [0.15, 0.2) is 29.3 Å². The summed E-state index contributed by atoms with van der Waals surface area (Å²) in [5, 5.41) is 12.4. The predicted octanol–water partition coefficient (Wildman–Crippen LogP) is 4.02. The Morgan fingerprint density at radius 2 is 2.12 bits per heavy atom. The third-order valence-corrected chi connectivity index (χ3v) is 6.73. The van der Waals surface area contributed by atoms with Crippen molar-refractivity contribution in [3.8, 4) is 6.07 Å². The SMILES string of the molecule is CC1=NCC=C1c1ccc(C[C@@H](C#N)NC(=O)[C@@H]2[C@H]3CC[C@H](C3)N2C(=O)OC(C)(C)C)c(F)c1. The van der Waals surface area contributed by atoms with Gasteiger partial charge in [-0.3, -0.25) is 14.7 Å². The standard InChI is InChI=1S/C26H31FN4O3/c1-15-21(9-10-29-15)16-5-6-17(22(27)13-16)11-19(14-28)30-24(32)23-18-7-8-20(12-18)31(23)25(33)34-26(2,3)4/h5-6,9,13,18-20,23H,7-8,10-12H2,1-4H3,(H,30,32)/t18-,19-,20+,23-/m0/s1. The monoisotopic (exact) mass is 466 g/mol. The third-order valence-electron chi connectivity index (χ3n) is 6.73. The van der Waals surface area contributed by atoms with Crippen molar-refractivity contribution in [2.24, 2.45) is 10.9 Å². The first kappa shape index (κ1) is 23.9. The minimum Gasteiger partial charge on any atom is -0.444 e. The maximum absolute atomic E-state index is 14.9. The molecule has 0 spiro atoms. The van der Waals surface area contributed by atoms with Crippen LogP contribution in [0.2, 0.25) is 0 Å². The number of halogens is 1. The zero-order valence-corrected chi connectivity index (χ0v) is 20.1.